The molecule has 2 N–H and O–H groups in total. The van der Waals surface area contributed by atoms with Crippen LogP contribution in [-0.4, -0.2) is 118 Å². The van der Waals surface area contributed by atoms with Crippen molar-refractivity contribution in [3.8, 4) is 5.75 Å². The maximum absolute atomic E-state index is 15.0. The molecule has 2 aromatic carbocycles. The number of hydrogen-bond donors (Lipinski definition) is 2. The Morgan fingerprint density at radius 3 is 2.37 bits per heavy atom. The summed E-state index contributed by atoms with van der Waals surface area (Å²) < 4.78 is 21.0. The average Bonchev–Trinajstić information content (AvgIpc) is 3.45. The summed E-state index contributed by atoms with van der Waals surface area (Å²) in [6.45, 7) is 7.81. The van der Waals surface area contributed by atoms with E-state index in [1.807, 2.05) is 11.0 Å². The maximum atomic E-state index is 15.0. The van der Waals surface area contributed by atoms with Gasteiger partial charge >= 0.3 is 0 Å². The molecule has 6 heterocycles. The van der Waals surface area contributed by atoms with Gasteiger partial charge in [0.1, 0.15) is 28.8 Å². The lowest BCUT2D eigenvalue weighted by Crippen LogP contribution is -2.54. The second kappa shape index (κ2) is 16.6. The molecule has 8 rings (SSSR count). The number of piperidine rings is 4. The van der Waals surface area contributed by atoms with Gasteiger partial charge in [0.25, 0.3) is 17.4 Å². The number of carbonyl (C=O) groups is 5. The topological polar surface area (TPSA) is 165 Å². The molecule has 4 saturated heterocycles. The lowest BCUT2D eigenvalue weighted by atomic mass is 9.94. The number of anilines is 1. The predicted octanol–water partition coefficient (Wildman–Crippen LogP) is 3.71. The van der Waals surface area contributed by atoms with Gasteiger partial charge < -0.3 is 24.4 Å². The molecular formula is C41H48FN7O7S. The van der Waals surface area contributed by atoms with E-state index in [9.17, 15) is 28.8 Å². The van der Waals surface area contributed by atoms with Crippen LogP contribution in [0.2, 0.25) is 0 Å². The van der Waals surface area contributed by atoms with Crippen LogP contribution in [-0.2, 0) is 20.1 Å². The number of rotatable bonds is 10. The van der Waals surface area contributed by atoms with Crippen molar-refractivity contribution in [2.45, 2.75) is 75.3 Å². The number of ether oxygens (including phenoxy) is 1. The SMILES string of the molecule is CC(=O)N1CCC(COc2cc(F)c3c(=O)[nH]c(CSC4CCN(CC5CCN(c6cccc7c6C(=O)N(C6CCC(=O)NC6=O)C7=O)CC5)CC4)nc3c2)CC1. The summed E-state index contributed by atoms with van der Waals surface area (Å²) in [4.78, 5) is 90.6. The first kappa shape index (κ1) is 39.0. The monoisotopic (exact) mass is 801 g/mol. The maximum Gasteiger partial charge on any atom is 0.264 e. The Bertz CT molecular complexity index is 2140. The van der Waals surface area contributed by atoms with Gasteiger partial charge in [-0.25, -0.2) is 9.37 Å². The number of H-pyrrole nitrogens is 1. The van der Waals surface area contributed by atoms with Gasteiger partial charge in [0, 0.05) is 63.5 Å². The molecule has 5 aliphatic heterocycles. The lowest BCUT2D eigenvalue weighted by Gasteiger charge is -2.38. The van der Waals surface area contributed by atoms with Crippen molar-refractivity contribution in [2.24, 2.45) is 11.8 Å². The minimum absolute atomic E-state index is 0.0716. The minimum Gasteiger partial charge on any atom is -0.493 e. The fourth-order valence-corrected chi connectivity index (χ4v) is 10.0. The molecule has 4 fully saturated rings. The molecular weight excluding hydrogens is 754 g/mol. The van der Waals surface area contributed by atoms with Gasteiger partial charge in [-0.2, -0.15) is 11.8 Å². The molecule has 0 radical (unpaired) electrons. The number of likely N-dealkylation sites (tertiary alicyclic amines) is 2. The van der Waals surface area contributed by atoms with Gasteiger partial charge in [-0.3, -0.25) is 39.0 Å². The van der Waals surface area contributed by atoms with Crippen LogP contribution < -0.4 is 20.5 Å². The molecule has 5 amide bonds. The number of nitrogens with zero attached hydrogens (tertiary/aromatic N) is 5. The third-order valence-electron chi connectivity index (χ3n) is 12.2. The lowest BCUT2D eigenvalue weighted by molar-refractivity contribution is -0.136. The van der Waals surface area contributed by atoms with Crippen LogP contribution in [0.25, 0.3) is 10.9 Å². The van der Waals surface area contributed by atoms with Crippen molar-refractivity contribution < 1.29 is 33.1 Å². The molecule has 1 aromatic heterocycles. The van der Waals surface area contributed by atoms with E-state index in [2.05, 4.69) is 25.1 Å². The second-order valence-corrected chi connectivity index (χ2v) is 17.2. The zero-order valence-electron chi connectivity index (χ0n) is 32.1. The Labute approximate surface area is 333 Å². The standard InChI is InChI=1S/C41H48FN7O7S/c1-24(50)47-15-9-26(10-16-47)22-56-27-19-30(42)37-31(20-27)43-34(44-39(37)53)23-57-28-11-13-46(14-12-28)21-25-7-17-48(18-8-25)32-4-2-3-29-36(32)41(55)49(40(29)54)33-5-6-35(51)45-38(33)52/h2-4,19-20,25-26,28,33H,5-18,21-23H2,1H3,(H,43,44,53)(H,45,51,52). The zero-order chi connectivity index (χ0) is 39.8. The van der Waals surface area contributed by atoms with Gasteiger partial charge in [0.05, 0.1) is 34.7 Å². The molecule has 57 heavy (non-hydrogen) atoms. The van der Waals surface area contributed by atoms with Crippen molar-refractivity contribution >= 4 is 57.9 Å². The molecule has 3 aromatic rings. The predicted molar refractivity (Wildman–Crippen MR) is 212 cm³/mol. The smallest absolute Gasteiger partial charge is 0.264 e. The van der Waals surface area contributed by atoms with E-state index in [0.717, 1.165) is 81.8 Å². The van der Waals surface area contributed by atoms with Crippen LogP contribution in [0.3, 0.4) is 0 Å². The highest BCUT2D eigenvalue weighted by atomic mass is 32.2. The van der Waals surface area contributed by atoms with Crippen LogP contribution in [0.1, 0.15) is 84.8 Å². The molecule has 0 spiro atoms. The normalized spacial score (nSPS) is 21.7. The molecule has 16 heteroatoms. The van der Waals surface area contributed by atoms with Crippen LogP contribution in [0, 0.1) is 17.7 Å². The van der Waals surface area contributed by atoms with E-state index in [4.69, 9.17) is 4.74 Å². The molecule has 5 aliphatic rings. The van der Waals surface area contributed by atoms with Crippen LogP contribution in [0.4, 0.5) is 10.1 Å². The average molecular weight is 802 g/mol. The Kier molecular flexibility index (Phi) is 11.3. The summed E-state index contributed by atoms with van der Waals surface area (Å²) in [5.74, 6) is -0.425. The van der Waals surface area contributed by atoms with Crippen molar-refractivity contribution in [1.29, 1.82) is 0 Å². The van der Waals surface area contributed by atoms with Crippen molar-refractivity contribution in [3.63, 3.8) is 0 Å². The highest BCUT2D eigenvalue weighted by Crippen LogP contribution is 2.36. The molecule has 302 valence electrons. The van der Waals surface area contributed by atoms with E-state index < -0.39 is 41.0 Å². The van der Waals surface area contributed by atoms with Crippen LogP contribution >= 0.6 is 11.8 Å². The third-order valence-corrected chi connectivity index (χ3v) is 13.6. The fourth-order valence-electron chi connectivity index (χ4n) is 8.97. The first-order valence-corrected chi connectivity index (χ1v) is 21.1. The first-order chi connectivity index (χ1) is 27.5. The van der Waals surface area contributed by atoms with Crippen molar-refractivity contribution in [2.75, 3.05) is 57.3 Å². The number of benzene rings is 2. The third kappa shape index (κ3) is 8.29. The molecule has 1 atom stereocenters. The highest BCUT2D eigenvalue weighted by molar-refractivity contribution is 7.99. The Hall–Kier alpha value is -4.83. The zero-order valence-corrected chi connectivity index (χ0v) is 32.9. The summed E-state index contributed by atoms with van der Waals surface area (Å²) >= 11 is 1.76. The summed E-state index contributed by atoms with van der Waals surface area (Å²) in [5, 5.41) is 2.59. The number of fused-ring (bicyclic) bond motifs is 2. The summed E-state index contributed by atoms with van der Waals surface area (Å²) in [7, 11) is 0. The number of amides is 5. The Morgan fingerprint density at radius 2 is 1.65 bits per heavy atom. The number of hydrogen-bond acceptors (Lipinski definition) is 11. The Morgan fingerprint density at radius 1 is 0.912 bits per heavy atom. The number of halogens is 1. The highest BCUT2D eigenvalue weighted by Gasteiger charge is 2.46. The fraction of sp³-hybridized carbons (Fsp3) is 0.537. The van der Waals surface area contributed by atoms with Crippen molar-refractivity contribution in [3.05, 3.63) is 63.5 Å². The van der Waals surface area contributed by atoms with E-state index in [1.54, 1.807) is 36.9 Å². The Balaban J connectivity index is 0.800. The minimum atomic E-state index is -0.989. The van der Waals surface area contributed by atoms with Crippen LogP contribution in [0.5, 0.6) is 5.75 Å². The summed E-state index contributed by atoms with van der Waals surface area (Å²) in [5.41, 5.74) is 1.15. The van der Waals surface area contributed by atoms with E-state index in [0.29, 0.717) is 59.3 Å². The summed E-state index contributed by atoms with van der Waals surface area (Å²) in [6, 6.07) is 7.19. The quantitative estimate of drug-likeness (QED) is 0.287. The number of carbonyl (C=O) groups excluding carboxylic acids is 5. The van der Waals surface area contributed by atoms with Gasteiger partial charge in [-0.15, -0.1) is 0 Å². The van der Waals surface area contributed by atoms with E-state index >= 15 is 4.39 Å². The molecule has 0 bridgehead atoms. The number of imide groups is 2. The van der Waals surface area contributed by atoms with Crippen LogP contribution in [0.15, 0.2) is 35.1 Å². The van der Waals surface area contributed by atoms with Gasteiger partial charge in [-0.1, -0.05) is 6.07 Å². The molecule has 1 unspecified atom stereocenters. The second-order valence-electron chi connectivity index (χ2n) is 16.0. The number of aromatic nitrogens is 2. The first-order valence-electron chi connectivity index (χ1n) is 20.1. The van der Waals surface area contributed by atoms with E-state index in [-0.39, 0.29) is 35.6 Å². The van der Waals surface area contributed by atoms with E-state index in [1.165, 1.54) is 6.07 Å². The number of thioether (sulfide) groups is 1. The van der Waals surface area contributed by atoms with Gasteiger partial charge in [0.2, 0.25) is 17.7 Å². The molecule has 0 saturated carbocycles. The molecule has 14 nitrogen and oxygen atoms in total. The van der Waals surface area contributed by atoms with Gasteiger partial charge in [-0.05, 0) is 82.0 Å². The number of aromatic amines is 1. The van der Waals surface area contributed by atoms with Crippen molar-refractivity contribution in [1.82, 2.24) is 30.0 Å². The summed E-state index contributed by atoms with van der Waals surface area (Å²) in [6.07, 6.45) is 5.79. The largest absolute Gasteiger partial charge is 0.493 e. The molecule has 0 aliphatic carbocycles. The number of nitrogens with one attached hydrogen (secondary N) is 2. The van der Waals surface area contributed by atoms with Gasteiger partial charge in [0.15, 0.2) is 0 Å².